The van der Waals surface area contributed by atoms with Crippen LogP contribution in [0.2, 0.25) is 0 Å². The lowest BCUT2D eigenvalue weighted by atomic mass is 10.1. The third-order valence-electron chi connectivity index (χ3n) is 3.45. The Morgan fingerprint density at radius 1 is 0.950 bits per heavy atom. The molecule has 0 saturated carbocycles. The summed E-state index contributed by atoms with van der Waals surface area (Å²) in [6.45, 7) is 8.77. The van der Waals surface area contributed by atoms with Crippen LogP contribution in [0.25, 0.3) is 0 Å². The van der Waals surface area contributed by atoms with E-state index in [1.165, 1.54) is 5.56 Å². The van der Waals surface area contributed by atoms with Crippen molar-refractivity contribution in [1.82, 2.24) is 0 Å². The minimum Gasteiger partial charge on any atom is -0.488 e. The zero-order valence-corrected chi connectivity index (χ0v) is 12.4. The van der Waals surface area contributed by atoms with Crippen molar-refractivity contribution < 1.29 is 4.74 Å². The Bertz CT molecular complexity index is 657. The molecule has 2 nitrogen and oxygen atoms in total. The van der Waals surface area contributed by atoms with Crippen molar-refractivity contribution in [2.75, 3.05) is 0 Å². The molecule has 0 N–H and O–H groups in total. The third kappa shape index (κ3) is 3.00. The molecule has 0 heterocycles. The predicted molar refractivity (Wildman–Crippen MR) is 80.9 cm³/mol. The number of ether oxygens (including phenoxy) is 1. The van der Waals surface area contributed by atoms with Crippen LogP contribution in [0, 0.1) is 39.0 Å². The van der Waals surface area contributed by atoms with E-state index < -0.39 is 0 Å². The van der Waals surface area contributed by atoms with E-state index in [1.807, 2.05) is 25.1 Å². The first-order valence-corrected chi connectivity index (χ1v) is 6.71. The molecule has 0 aliphatic carbocycles. The van der Waals surface area contributed by atoms with Gasteiger partial charge in [0.15, 0.2) is 0 Å². The summed E-state index contributed by atoms with van der Waals surface area (Å²) >= 11 is 0. The average Bonchev–Trinajstić information content (AvgIpc) is 2.39. The Balaban J connectivity index is 2.20. The summed E-state index contributed by atoms with van der Waals surface area (Å²) in [6.07, 6.45) is 0. The summed E-state index contributed by atoms with van der Waals surface area (Å²) < 4.78 is 5.98. The molecule has 0 fully saturated rings. The SMILES string of the molecule is Cc1cc(C)c(OCc2ccc(C#N)cc2C)c(C)c1. The zero-order chi connectivity index (χ0) is 14.7. The molecule has 102 valence electrons. The monoisotopic (exact) mass is 265 g/mol. The van der Waals surface area contributed by atoms with Crippen LogP contribution >= 0.6 is 0 Å². The van der Waals surface area contributed by atoms with Gasteiger partial charge in [-0.2, -0.15) is 5.26 Å². The fourth-order valence-corrected chi connectivity index (χ4v) is 2.47. The van der Waals surface area contributed by atoms with Crippen molar-refractivity contribution in [2.45, 2.75) is 34.3 Å². The smallest absolute Gasteiger partial charge is 0.125 e. The molecule has 0 unspecified atom stereocenters. The van der Waals surface area contributed by atoms with Crippen molar-refractivity contribution >= 4 is 0 Å². The minimum absolute atomic E-state index is 0.530. The van der Waals surface area contributed by atoms with Gasteiger partial charge in [-0.15, -0.1) is 0 Å². The van der Waals surface area contributed by atoms with Gasteiger partial charge in [-0.05, 0) is 62.1 Å². The molecule has 2 rings (SSSR count). The van der Waals surface area contributed by atoms with Crippen molar-refractivity contribution in [3.8, 4) is 11.8 Å². The largest absolute Gasteiger partial charge is 0.488 e. The topological polar surface area (TPSA) is 33.0 Å². The van der Waals surface area contributed by atoms with E-state index >= 15 is 0 Å². The van der Waals surface area contributed by atoms with Crippen molar-refractivity contribution in [3.63, 3.8) is 0 Å². The summed E-state index contributed by atoms with van der Waals surface area (Å²) in [4.78, 5) is 0. The number of benzene rings is 2. The summed E-state index contributed by atoms with van der Waals surface area (Å²) in [6, 6.07) is 12.1. The standard InChI is InChI=1S/C18H19NO/c1-12-7-14(3)18(15(4)8-12)20-11-17-6-5-16(10-19)9-13(17)2/h5-9H,11H2,1-4H3. The lowest BCUT2D eigenvalue weighted by molar-refractivity contribution is 0.301. The van der Waals surface area contributed by atoms with Crippen LogP contribution < -0.4 is 4.74 Å². The molecule has 0 aliphatic heterocycles. The van der Waals surface area contributed by atoms with Crippen LogP contribution in [-0.4, -0.2) is 0 Å². The first-order valence-electron chi connectivity index (χ1n) is 6.71. The van der Waals surface area contributed by atoms with Gasteiger partial charge in [0.1, 0.15) is 12.4 Å². The van der Waals surface area contributed by atoms with Gasteiger partial charge in [0.05, 0.1) is 11.6 Å². The van der Waals surface area contributed by atoms with E-state index in [2.05, 4.69) is 39.0 Å². The highest BCUT2D eigenvalue weighted by atomic mass is 16.5. The normalized spacial score (nSPS) is 10.2. The van der Waals surface area contributed by atoms with E-state index in [4.69, 9.17) is 10.00 Å². The van der Waals surface area contributed by atoms with Crippen LogP contribution in [0.1, 0.15) is 33.4 Å². The van der Waals surface area contributed by atoms with Crippen LogP contribution in [-0.2, 0) is 6.61 Å². The molecule has 2 heteroatoms. The Labute approximate surface area is 120 Å². The maximum Gasteiger partial charge on any atom is 0.125 e. The fraction of sp³-hybridized carbons (Fsp3) is 0.278. The van der Waals surface area contributed by atoms with E-state index in [-0.39, 0.29) is 0 Å². The summed E-state index contributed by atoms with van der Waals surface area (Å²) in [5, 5.41) is 8.88. The number of aryl methyl sites for hydroxylation is 4. The lowest BCUT2D eigenvalue weighted by Gasteiger charge is -2.14. The second-order valence-electron chi connectivity index (χ2n) is 5.27. The zero-order valence-electron chi connectivity index (χ0n) is 12.4. The Morgan fingerprint density at radius 2 is 1.60 bits per heavy atom. The fourth-order valence-electron chi connectivity index (χ4n) is 2.47. The molecule has 2 aromatic rings. The number of nitriles is 1. The summed E-state index contributed by atoms with van der Waals surface area (Å²) in [7, 11) is 0. The molecule has 0 amide bonds. The Hall–Kier alpha value is -2.27. The highest BCUT2D eigenvalue weighted by molar-refractivity contribution is 5.43. The number of hydrogen-bond donors (Lipinski definition) is 0. The molecule has 0 aliphatic rings. The third-order valence-corrected chi connectivity index (χ3v) is 3.45. The molecule has 2 aromatic carbocycles. The molecule has 0 aromatic heterocycles. The first kappa shape index (κ1) is 14.1. The number of hydrogen-bond acceptors (Lipinski definition) is 2. The molecule has 0 saturated heterocycles. The second-order valence-corrected chi connectivity index (χ2v) is 5.27. The highest BCUT2D eigenvalue weighted by Crippen LogP contribution is 2.26. The maximum absolute atomic E-state index is 8.88. The van der Waals surface area contributed by atoms with E-state index in [0.717, 1.165) is 28.0 Å². The second kappa shape index (κ2) is 5.79. The van der Waals surface area contributed by atoms with Crippen LogP contribution in [0.5, 0.6) is 5.75 Å². The summed E-state index contributed by atoms with van der Waals surface area (Å²) in [5.74, 6) is 0.958. The van der Waals surface area contributed by atoms with E-state index in [0.29, 0.717) is 12.2 Å². The van der Waals surface area contributed by atoms with Gasteiger partial charge < -0.3 is 4.74 Å². The molecule has 0 atom stereocenters. The molecular formula is C18H19NO. The summed E-state index contributed by atoms with van der Waals surface area (Å²) in [5.41, 5.74) is 6.47. The van der Waals surface area contributed by atoms with Gasteiger partial charge in [-0.1, -0.05) is 23.8 Å². The number of nitrogens with zero attached hydrogens (tertiary/aromatic N) is 1. The predicted octanol–water partition coefficient (Wildman–Crippen LogP) is 4.37. The maximum atomic E-state index is 8.88. The van der Waals surface area contributed by atoms with Crippen LogP contribution in [0.4, 0.5) is 0 Å². The van der Waals surface area contributed by atoms with Gasteiger partial charge in [-0.3, -0.25) is 0 Å². The minimum atomic E-state index is 0.530. The molecule has 0 bridgehead atoms. The average molecular weight is 265 g/mol. The first-order chi connectivity index (χ1) is 9.51. The molecule has 0 spiro atoms. The highest BCUT2D eigenvalue weighted by Gasteiger charge is 2.07. The van der Waals surface area contributed by atoms with Gasteiger partial charge in [0.25, 0.3) is 0 Å². The van der Waals surface area contributed by atoms with Crippen LogP contribution in [0.15, 0.2) is 30.3 Å². The van der Waals surface area contributed by atoms with Gasteiger partial charge in [-0.25, -0.2) is 0 Å². The van der Waals surface area contributed by atoms with E-state index in [1.54, 1.807) is 0 Å². The number of rotatable bonds is 3. The van der Waals surface area contributed by atoms with Gasteiger partial charge in [0, 0.05) is 0 Å². The molecule has 0 radical (unpaired) electrons. The van der Waals surface area contributed by atoms with Gasteiger partial charge in [0.2, 0.25) is 0 Å². The molecular weight excluding hydrogens is 246 g/mol. The van der Waals surface area contributed by atoms with Crippen molar-refractivity contribution in [3.05, 3.63) is 63.7 Å². The quantitative estimate of drug-likeness (QED) is 0.825. The Kier molecular flexibility index (Phi) is 4.10. The van der Waals surface area contributed by atoms with Crippen molar-refractivity contribution in [2.24, 2.45) is 0 Å². The van der Waals surface area contributed by atoms with Crippen molar-refractivity contribution in [1.29, 1.82) is 5.26 Å². The van der Waals surface area contributed by atoms with E-state index in [9.17, 15) is 0 Å². The Morgan fingerprint density at radius 3 is 2.15 bits per heavy atom. The van der Waals surface area contributed by atoms with Crippen LogP contribution in [0.3, 0.4) is 0 Å². The molecule has 20 heavy (non-hydrogen) atoms. The lowest BCUT2D eigenvalue weighted by Crippen LogP contribution is -2.01. The van der Waals surface area contributed by atoms with Gasteiger partial charge >= 0.3 is 0 Å².